The van der Waals surface area contributed by atoms with Gasteiger partial charge in [0.2, 0.25) is 0 Å². The van der Waals surface area contributed by atoms with Gasteiger partial charge in [-0.25, -0.2) is 4.39 Å². The van der Waals surface area contributed by atoms with E-state index in [1.165, 1.54) is 6.07 Å². The minimum Gasteiger partial charge on any atom is -0.374 e. The van der Waals surface area contributed by atoms with E-state index in [1.807, 2.05) is 6.07 Å². The highest BCUT2D eigenvalue weighted by Gasteiger charge is 2.41. The third-order valence-electron chi connectivity index (χ3n) is 4.08. The number of nitrogens with one attached hydrogen (secondary N) is 1. The fraction of sp³-hybridized carbons (Fsp3) is 0.571. The van der Waals surface area contributed by atoms with Crippen molar-refractivity contribution in [1.29, 1.82) is 0 Å². The van der Waals surface area contributed by atoms with E-state index in [-0.39, 0.29) is 29.7 Å². The lowest BCUT2D eigenvalue weighted by Gasteiger charge is -2.33. The van der Waals surface area contributed by atoms with E-state index >= 15 is 0 Å². The molecule has 1 spiro atoms. The molecule has 1 aromatic carbocycles. The Bertz CT molecular complexity index is 429. The van der Waals surface area contributed by atoms with Crippen LogP contribution in [0.4, 0.5) is 4.39 Å². The molecule has 2 heterocycles. The summed E-state index contributed by atoms with van der Waals surface area (Å²) in [5, 5.41) is 3.82. The molecule has 1 N–H and O–H groups in total. The van der Waals surface area contributed by atoms with Crippen LogP contribution >= 0.6 is 24.0 Å². The predicted octanol–water partition coefficient (Wildman–Crippen LogP) is 3.53. The van der Waals surface area contributed by atoms with E-state index < -0.39 is 0 Å². The van der Waals surface area contributed by atoms with E-state index in [2.05, 4.69) is 5.32 Å². The normalized spacial score (nSPS) is 25.3. The van der Waals surface area contributed by atoms with Crippen molar-refractivity contribution in [2.75, 3.05) is 19.7 Å². The first-order chi connectivity index (χ1) is 8.67. The van der Waals surface area contributed by atoms with Crippen LogP contribution in [0.1, 0.15) is 30.7 Å². The first-order valence-corrected chi connectivity index (χ1v) is 6.85. The van der Waals surface area contributed by atoms with Crippen LogP contribution in [0.15, 0.2) is 18.2 Å². The summed E-state index contributed by atoms with van der Waals surface area (Å²) in [5.74, 6) is 0.0139. The Balaban J connectivity index is 0.00000133. The summed E-state index contributed by atoms with van der Waals surface area (Å²) in [7, 11) is 0. The van der Waals surface area contributed by atoms with Crippen molar-refractivity contribution in [3.63, 3.8) is 0 Å². The molecule has 2 aliphatic heterocycles. The third-order valence-corrected chi connectivity index (χ3v) is 4.30. The number of ether oxygens (including phenoxy) is 1. The zero-order valence-corrected chi connectivity index (χ0v) is 12.2. The SMILES string of the molecule is Cl.Fc1cc(Cl)cc(C2COC3(CCNCC3)C2)c1. The minimum absolute atomic E-state index is 0. The predicted molar refractivity (Wildman–Crippen MR) is 76.8 cm³/mol. The molecule has 0 aliphatic carbocycles. The van der Waals surface area contributed by atoms with Gasteiger partial charge in [-0.2, -0.15) is 0 Å². The van der Waals surface area contributed by atoms with Crippen molar-refractivity contribution in [1.82, 2.24) is 5.32 Å². The van der Waals surface area contributed by atoms with Crippen LogP contribution < -0.4 is 5.32 Å². The Morgan fingerprint density at radius 1 is 1.26 bits per heavy atom. The second kappa shape index (κ2) is 5.96. The summed E-state index contributed by atoms with van der Waals surface area (Å²) in [4.78, 5) is 0. The summed E-state index contributed by atoms with van der Waals surface area (Å²) in [6, 6.07) is 4.79. The molecule has 2 nitrogen and oxygen atoms in total. The number of hydrogen-bond acceptors (Lipinski definition) is 2. The van der Waals surface area contributed by atoms with Crippen LogP contribution in [-0.2, 0) is 4.74 Å². The standard InChI is InChI=1S/C14H17ClFNO.ClH/c15-12-5-10(6-13(16)7-12)11-8-14(18-9-11)1-3-17-4-2-14;/h5-7,11,17H,1-4,8-9H2;1H. The fourth-order valence-corrected chi connectivity index (χ4v) is 3.33. The highest BCUT2D eigenvalue weighted by molar-refractivity contribution is 6.30. The molecule has 0 bridgehead atoms. The summed E-state index contributed by atoms with van der Waals surface area (Å²) in [5.41, 5.74) is 0.977. The van der Waals surface area contributed by atoms with Crippen LogP contribution in [0.3, 0.4) is 0 Å². The van der Waals surface area contributed by atoms with E-state index in [4.69, 9.17) is 16.3 Å². The quantitative estimate of drug-likeness (QED) is 0.857. The van der Waals surface area contributed by atoms with E-state index in [0.29, 0.717) is 11.6 Å². The zero-order valence-electron chi connectivity index (χ0n) is 10.6. The molecule has 5 heteroatoms. The minimum atomic E-state index is -0.260. The molecule has 19 heavy (non-hydrogen) atoms. The van der Waals surface area contributed by atoms with Crippen LogP contribution in [-0.4, -0.2) is 25.3 Å². The fourth-order valence-electron chi connectivity index (χ4n) is 3.10. The maximum atomic E-state index is 13.4. The summed E-state index contributed by atoms with van der Waals surface area (Å²) >= 11 is 5.92. The Kier molecular flexibility index (Phi) is 4.72. The monoisotopic (exact) mass is 305 g/mol. The van der Waals surface area contributed by atoms with E-state index in [9.17, 15) is 4.39 Å². The lowest BCUT2D eigenvalue weighted by molar-refractivity contribution is -0.0193. The highest BCUT2D eigenvalue weighted by Crippen LogP contribution is 2.42. The molecule has 1 atom stereocenters. The first kappa shape index (κ1) is 15.0. The Morgan fingerprint density at radius 3 is 2.68 bits per heavy atom. The van der Waals surface area contributed by atoms with Gasteiger partial charge < -0.3 is 10.1 Å². The molecule has 2 fully saturated rings. The molecule has 0 amide bonds. The number of hydrogen-bond donors (Lipinski definition) is 1. The summed E-state index contributed by atoms with van der Waals surface area (Å²) in [6.07, 6.45) is 3.08. The maximum Gasteiger partial charge on any atom is 0.124 e. The third kappa shape index (κ3) is 3.22. The molecule has 0 saturated carbocycles. The van der Waals surface area contributed by atoms with Gasteiger partial charge in [0.25, 0.3) is 0 Å². The molecule has 1 aromatic rings. The van der Waals surface area contributed by atoms with Gasteiger partial charge in [0.1, 0.15) is 5.82 Å². The zero-order chi connectivity index (χ0) is 12.6. The smallest absolute Gasteiger partial charge is 0.124 e. The number of benzene rings is 1. The Morgan fingerprint density at radius 2 is 2.00 bits per heavy atom. The van der Waals surface area contributed by atoms with Gasteiger partial charge in [-0.05, 0) is 56.1 Å². The molecule has 106 valence electrons. The van der Waals surface area contributed by atoms with Crippen molar-refractivity contribution >= 4 is 24.0 Å². The van der Waals surface area contributed by atoms with Crippen LogP contribution in [0, 0.1) is 5.82 Å². The van der Waals surface area contributed by atoms with Crippen LogP contribution in [0.25, 0.3) is 0 Å². The number of piperidine rings is 1. The molecular formula is C14H18Cl2FNO. The van der Waals surface area contributed by atoms with Crippen molar-refractivity contribution in [3.05, 3.63) is 34.6 Å². The average Bonchev–Trinajstić information content (AvgIpc) is 2.73. The van der Waals surface area contributed by atoms with Gasteiger partial charge in [-0.15, -0.1) is 12.4 Å². The lowest BCUT2D eigenvalue weighted by atomic mass is 9.84. The number of rotatable bonds is 1. The van der Waals surface area contributed by atoms with Crippen LogP contribution in [0.2, 0.25) is 5.02 Å². The van der Waals surface area contributed by atoms with Crippen molar-refractivity contribution in [2.45, 2.75) is 30.8 Å². The Labute approximate surface area is 124 Å². The maximum absolute atomic E-state index is 13.4. The molecule has 3 rings (SSSR count). The Hall–Kier alpha value is -0.350. The molecule has 0 radical (unpaired) electrons. The largest absolute Gasteiger partial charge is 0.374 e. The van der Waals surface area contributed by atoms with Crippen molar-refractivity contribution < 1.29 is 9.13 Å². The molecular weight excluding hydrogens is 288 g/mol. The summed E-state index contributed by atoms with van der Waals surface area (Å²) < 4.78 is 19.4. The van der Waals surface area contributed by atoms with Gasteiger partial charge in [0.15, 0.2) is 0 Å². The number of halogens is 3. The molecule has 1 unspecified atom stereocenters. The van der Waals surface area contributed by atoms with Gasteiger partial charge in [0, 0.05) is 10.9 Å². The molecule has 2 aliphatic rings. The van der Waals surface area contributed by atoms with Gasteiger partial charge in [-0.3, -0.25) is 0 Å². The van der Waals surface area contributed by atoms with Gasteiger partial charge in [0.05, 0.1) is 12.2 Å². The highest BCUT2D eigenvalue weighted by atomic mass is 35.5. The lowest BCUT2D eigenvalue weighted by Crippen LogP contribution is -2.41. The van der Waals surface area contributed by atoms with Gasteiger partial charge in [-0.1, -0.05) is 11.6 Å². The van der Waals surface area contributed by atoms with E-state index in [0.717, 1.165) is 37.9 Å². The van der Waals surface area contributed by atoms with Crippen LogP contribution in [0.5, 0.6) is 0 Å². The second-order valence-electron chi connectivity index (χ2n) is 5.35. The topological polar surface area (TPSA) is 21.3 Å². The van der Waals surface area contributed by atoms with E-state index in [1.54, 1.807) is 6.07 Å². The molecule has 0 aromatic heterocycles. The summed E-state index contributed by atoms with van der Waals surface area (Å²) in [6.45, 7) is 2.70. The first-order valence-electron chi connectivity index (χ1n) is 6.48. The van der Waals surface area contributed by atoms with Crippen molar-refractivity contribution in [3.8, 4) is 0 Å². The van der Waals surface area contributed by atoms with Crippen molar-refractivity contribution in [2.24, 2.45) is 0 Å². The second-order valence-corrected chi connectivity index (χ2v) is 5.78. The molecule has 2 saturated heterocycles. The van der Waals surface area contributed by atoms with Gasteiger partial charge >= 0.3 is 0 Å². The average molecular weight is 306 g/mol.